The Morgan fingerprint density at radius 3 is 2.10 bits per heavy atom. The minimum atomic E-state index is -0.647. The van der Waals surface area contributed by atoms with Gasteiger partial charge in [0.1, 0.15) is 11.4 Å². The van der Waals surface area contributed by atoms with Gasteiger partial charge in [-0.3, -0.25) is 5.32 Å². The molecule has 0 aliphatic rings. The minimum Gasteiger partial charge on any atom is -0.443 e. The second-order valence-corrected chi connectivity index (χ2v) is 11.2. The van der Waals surface area contributed by atoms with Crippen molar-refractivity contribution in [3.63, 3.8) is 0 Å². The van der Waals surface area contributed by atoms with Gasteiger partial charge in [-0.05, 0) is 121 Å². The molecule has 0 saturated heterocycles. The average molecular weight is 535 g/mol. The molecule has 39 heavy (non-hydrogen) atoms. The third kappa shape index (κ3) is 10.9. The van der Waals surface area contributed by atoms with Gasteiger partial charge in [0.2, 0.25) is 0 Å². The molecule has 2 unspecified atom stereocenters. The third-order valence-electron chi connectivity index (χ3n) is 6.25. The highest BCUT2D eigenvalue weighted by atomic mass is 19.1. The molecule has 0 bridgehead atoms. The SMILES string of the molecule is CC(C)Nc1cccc(CC(C)Nc2cccc(NC(=O)OC(C)(C)CCC(C)Nc3ccc(F)cc3)c2)c1. The van der Waals surface area contributed by atoms with Gasteiger partial charge in [0.25, 0.3) is 0 Å². The summed E-state index contributed by atoms with van der Waals surface area (Å²) in [6.45, 7) is 12.3. The normalized spacial score (nSPS) is 12.9. The van der Waals surface area contributed by atoms with Gasteiger partial charge >= 0.3 is 6.09 Å². The number of anilines is 4. The smallest absolute Gasteiger partial charge is 0.412 e. The lowest BCUT2D eigenvalue weighted by molar-refractivity contribution is 0.0401. The van der Waals surface area contributed by atoms with Crippen LogP contribution in [-0.2, 0) is 11.2 Å². The van der Waals surface area contributed by atoms with E-state index in [-0.39, 0.29) is 17.9 Å². The van der Waals surface area contributed by atoms with Gasteiger partial charge in [-0.1, -0.05) is 18.2 Å². The van der Waals surface area contributed by atoms with Crippen molar-refractivity contribution in [3.05, 3.63) is 84.2 Å². The molecule has 6 nitrogen and oxygen atoms in total. The summed E-state index contributed by atoms with van der Waals surface area (Å²) in [4.78, 5) is 12.7. The van der Waals surface area contributed by atoms with E-state index < -0.39 is 11.7 Å². The Labute approximate surface area is 232 Å². The molecule has 0 heterocycles. The van der Waals surface area contributed by atoms with Crippen LogP contribution < -0.4 is 21.3 Å². The van der Waals surface area contributed by atoms with Crippen molar-refractivity contribution in [1.82, 2.24) is 0 Å². The average Bonchev–Trinajstić information content (AvgIpc) is 2.84. The standard InChI is InChI=1S/C32H43FN4O2/c1-22(2)34-28-10-7-9-25(20-28)19-24(4)36-29-11-8-12-30(21-29)37-31(38)39-32(5,6)18-17-23(3)35-27-15-13-26(33)14-16-27/h7-16,20-24,34-36H,17-19H2,1-6H3,(H,37,38). The Kier molecular flexibility index (Phi) is 10.6. The first-order valence-electron chi connectivity index (χ1n) is 13.7. The first kappa shape index (κ1) is 29.8. The first-order chi connectivity index (χ1) is 18.5. The largest absolute Gasteiger partial charge is 0.443 e. The van der Waals surface area contributed by atoms with Gasteiger partial charge in [-0.2, -0.15) is 0 Å². The highest BCUT2D eigenvalue weighted by molar-refractivity contribution is 5.85. The van der Waals surface area contributed by atoms with E-state index in [1.807, 2.05) is 38.1 Å². The van der Waals surface area contributed by atoms with Gasteiger partial charge in [0, 0.05) is 40.9 Å². The number of carbonyl (C=O) groups excluding carboxylic acids is 1. The highest BCUT2D eigenvalue weighted by Gasteiger charge is 2.24. The summed E-state index contributed by atoms with van der Waals surface area (Å²) >= 11 is 0. The Hall–Kier alpha value is -3.74. The summed E-state index contributed by atoms with van der Waals surface area (Å²) in [5.41, 5.74) is 4.19. The summed E-state index contributed by atoms with van der Waals surface area (Å²) < 4.78 is 18.9. The van der Waals surface area contributed by atoms with Crippen molar-refractivity contribution in [2.75, 3.05) is 21.3 Å². The molecule has 0 spiro atoms. The Bertz CT molecular complexity index is 1200. The Balaban J connectivity index is 1.47. The molecular weight excluding hydrogens is 491 g/mol. The van der Waals surface area contributed by atoms with Crippen LogP contribution in [0.1, 0.15) is 59.9 Å². The first-order valence-corrected chi connectivity index (χ1v) is 13.7. The number of rotatable bonds is 13. The number of amides is 1. The van der Waals surface area contributed by atoms with Crippen LogP contribution >= 0.6 is 0 Å². The predicted molar refractivity (Wildman–Crippen MR) is 161 cm³/mol. The summed E-state index contributed by atoms with van der Waals surface area (Å²) in [7, 11) is 0. The summed E-state index contributed by atoms with van der Waals surface area (Å²) in [5, 5.41) is 13.2. The van der Waals surface area contributed by atoms with E-state index in [9.17, 15) is 9.18 Å². The molecule has 0 saturated carbocycles. The van der Waals surface area contributed by atoms with E-state index in [0.717, 1.165) is 29.9 Å². The predicted octanol–water partition coefficient (Wildman–Crippen LogP) is 8.30. The van der Waals surface area contributed by atoms with Crippen molar-refractivity contribution >= 4 is 28.8 Å². The lowest BCUT2D eigenvalue weighted by Gasteiger charge is -2.27. The molecule has 7 heteroatoms. The van der Waals surface area contributed by atoms with Crippen LogP contribution in [0.2, 0.25) is 0 Å². The van der Waals surface area contributed by atoms with Crippen molar-refractivity contribution < 1.29 is 13.9 Å². The minimum absolute atomic E-state index is 0.139. The maximum atomic E-state index is 13.1. The number of carbonyl (C=O) groups is 1. The second-order valence-electron chi connectivity index (χ2n) is 11.2. The van der Waals surface area contributed by atoms with E-state index in [1.54, 1.807) is 12.1 Å². The zero-order valence-corrected chi connectivity index (χ0v) is 24.0. The fourth-order valence-corrected chi connectivity index (χ4v) is 4.41. The van der Waals surface area contributed by atoms with Gasteiger partial charge in [0.05, 0.1) is 0 Å². The summed E-state index contributed by atoms with van der Waals surface area (Å²) in [6.07, 6.45) is 1.84. The monoisotopic (exact) mass is 534 g/mol. The molecule has 3 aromatic rings. The fourth-order valence-electron chi connectivity index (χ4n) is 4.41. The van der Waals surface area contributed by atoms with Crippen LogP contribution in [0.5, 0.6) is 0 Å². The van der Waals surface area contributed by atoms with Crippen molar-refractivity contribution in [2.45, 2.75) is 84.5 Å². The third-order valence-corrected chi connectivity index (χ3v) is 6.25. The molecule has 0 aliphatic heterocycles. The molecule has 2 atom stereocenters. The number of hydrogen-bond donors (Lipinski definition) is 4. The quantitative estimate of drug-likeness (QED) is 0.177. The molecule has 0 aliphatic carbocycles. The van der Waals surface area contributed by atoms with Gasteiger partial charge < -0.3 is 20.7 Å². The van der Waals surface area contributed by atoms with Gasteiger partial charge in [-0.25, -0.2) is 9.18 Å². The molecular formula is C32H43FN4O2. The van der Waals surface area contributed by atoms with Crippen LogP contribution in [-0.4, -0.2) is 29.8 Å². The second kappa shape index (κ2) is 13.9. The van der Waals surface area contributed by atoms with E-state index >= 15 is 0 Å². The van der Waals surface area contributed by atoms with Crippen LogP contribution in [0.15, 0.2) is 72.8 Å². The molecule has 3 rings (SSSR count). The highest BCUT2D eigenvalue weighted by Crippen LogP contribution is 2.23. The molecule has 3 aromatic carbocycles. The number of benzene rings is 3. The Morgan fingerprint density at radius 1 is 0.795 bits per heavy atom. The van der Waals surface area contributed by atoms with Crippen LogP contribution in [0, 0.1) is 5.82 Å². The number of halogens is 1. The maximum Gasteiger partial charge on any atom is 0.412 e. The van der Waals surface area contributed by atoms with Crippen LogP contribution in [0.3, 0.4) is 0 Å². The number of ether oxygens (including phenoxy) is 1. The molecule has 210 valence electrons. The maximum absolute atomic E-state index is 13.1. The molecule has 0 fully saturated rings. The summed E-state index contributed by atoms with van der Waals surface area (Å²) in [5.74, 6) is -0.259. The van der Waals surface area contributed by atoms with Gasteiger partial charge in [0.15, 0.2) is 0 Å². The molecule has 0 radical (unpaired) electrons. The molecule has 0 aromatic heterocycles. The van der Waals surface area contributed by atoms with E-state index in [0.29, 0.717) is 18.2 Å². The zero-order chi connectivity index (χ0) is 28.4. The van der Waals surface area contributed by atoms with E-state index in [2.05, 4.69) is 73.2 Å². The van der Waals surface area contributed by atoms with Crippen molar-refractivity contribution in [1.29, 1.82) is 0 Å². The van der Waals surface area contributed by atoms with Crippen LogP contribution in [0.25, 0.3) is 0 Å². The Morgan fingerprint density at radius 2 is 1.41 bits per heavy atom. The number of nitrogens with one attached hydrogen (secondary N) is 4. The van der Waals surface area contributed by atoms with E-state index in [1.165, 1.54) is 17.7 Å². The van der Waals surface area contributed by atoms with E-state index in [4.69, 9.17) is 4.74 Å². The molecule has 1 amide bonds. The lowest BCUT2D eigenvalue weighted by Crippen LogP contribution is -2.32. The van der Waals surface area contributed by atoms with Gasteiger partial charge in [-0.15, -0.1) is 0 Å². The topological polar surface area (TPSA) is 74.4 Å². The fraction of sp³-hybridized carbons (Fsp3) is 0.406. The van der Waals surface area contributed by atoms with Crippen molar-refractivity contribution in [3.8, 4) is 0 Å². The van der Waals surface area contributed by atoms with Crippen molar-refractivity contribution in [2.24, 2.45) is 0 Å². The lowest BCUT2D eigenvalue weighted by atomic mass is 9.99. The van der Waals surface area contributed by atoms with Crippen LogP contribution in [0.4, 0.5) is 31.9 Å². The summed E-state index contributed by atoms with van der Waals surface area (Å²) in [6, 6.07) is 23.2. The zero-order valence-electron chi connectivity index (χ0n) is 24.0. The number of hydrogen-bond acceptors (Lipinski definition) is 5. The molecule has 4 N–H and O–H groups in total.